The Hall–Kier alpha value is -0.990. The van der Waals surface area contributed by atoms with Crippen molar-refractivity contribution in [1.29, 1.82) is 0 Å². The molecular weight excluding hydrogens is 134 g/mol. The number of hydrogen-bond acceptors (Lipinski definition) is 2. The lowest BCUT2D eigenvalue weighted by atomic mass is 10.5. The molecule has 1 rings (SSSR count). The van der Waals surface area contributed by atoms with Crippen molar-refractivity contribution in [2.45, 2.75) is 6.92 Å². The van der Waals surface area contributed by atoms with E-state index in [0.29, 0.717) is 0 Å². The van der Waals surface area contributed by atoms with E-state index < -0.39 is 0 Å². The fourth-order valence-electron chi connectivity index (χ4n) is 0.519. The summed E-state index contributed by atoms with van der Waals surface area (Å²) in [5.41, 5.74) is 7.99. The van der Waals surface area contributed by atoms with E-state index in [0.717, 1.165) is 9.88 Å². The van der Waals surface area contributed by atoms with E-state index in [1.165, 1.54) is 11.3 Å². The Morgan fingerprint density at radius 2 is 2.44 bits per heavy atom. The van der Waals surface area contributed by atoms with Gasteiger partial charge in [0, 0.05) is 9.79 Å². The van der Waals surface area contributed by atoms with Gasteiger partial charge in [-0.05, 0) is 24.6 Å². The molecule has 0 atom stereocenters. The number of azide groups is 1. The highest BCUT2D eigenvalue weighted by atomic mass is 32.1. The molecule has 0 N–H and O–H groups in total. The van der Waals surface area contributed by atoms with E-state index in [9.17, 15) is 0 Å². The highest BCUT2D eigenvalue weighted by molar-refractivity contribution is 7.15. The lowest BCUT2D eigenvalue weighted by molar-refractivity contribution is 1.56. The Morgan fingerprint density at radius 1 is 1.67 bits per heavy atom. The smallest absolute Gasteiger partial charge is 0.0905 e. The topological polar surface area (TPSA) is 48.8 Å². The summed E-state index contributed by atoms with van der Waals surface area (Å²) in [5, 5.41) is 4.16. The van der Waals surface area contributed by atoms with Crippen molar-refractivity contribution in [1.82, 2.24) is 0 Å². The van der Waals surface area contributed by atoms with Gasteiger partial charge in [0.25, 0.3) is 0 Å². The average Bonchev–Trinajstić information content (AvgIpc) is 2.17. The SMILES string of the molecule is Cc1ccc(N=[N+]=[N-])s1. The van der Waals surface area contributed by atoms with E-state index in [-0.39, 0.29) is 0 Å². The van der Waals surface area contributed by atoms with Crippen LogP contribution in [0, 0.1) is 6.92 Å². The van der Waals surface area contributed by atoms with Crippen molar-refractivity contribution in [2.75, 3.05) is 0 Å². The Labute approximate surface area is 56.6 Å². The average molecular weight is 139 g/mol. The Balaban J connectivity index is 2.97. The van der Waals surface area contributed by atoms with Crippen LogP contribution in [0.25, 0.3) is 10.4 Å². The van der Waals surface area contributed by atoms with Gasteiger partial charge >= 0.3 is 0 Å². The zero-order valence-electron chi connectivity index (χ0n) is 4.90. The summed E-state index contributed by atoms with van der Waals surface area (Å²) >= 11 is 1.49. The molecule has 0 amide bonds. The molecule has 1 aromatic rings. The number of rotatable bonds is 1. The maximum absolute atomic E-state index is 7.99. The molecule has 0 fully saturated rings. The molecule has 0 unspecified atom stereocenters. The molecule has 0 bridgehead atoms. The summed E-state index contributed by atoms with van der Waals surface area (Å²) in [6, 6.07) is 3.73. The molecular formula is C5H5N3S. The quantitative estimate of drug-likeness (QED) is 0.326. The third-order valence-electron chi connectivity index (χ3n) is 0.869. The Bertz CT molecular complexity index is 246. The van der Waals surface area contributed by atoms with Crippen LogP contribution in [-0.2, 0) is 0 Å². The van der Waals surface area contributed by atoms with E-state index in [1.807, 2.05) is 13.0 Å². The van der Waals surface area contributed by atoms with Crippen molar-refractivity contribution in [2.24, 2.45) is 5.11 Å². The minimum Gasteiger partial charge on any atom is -0.139 e. The van der Waals surface area contributed by atoms with Gasteiger partial charge in [0.2, 0.25) is 0 Å². The molecule has 0 radical (unpaired) electrons. The van der Waals surface area contributed by atoms with Crippen LogP contribution in [-0.4, -0.2) is 0 Å². The first kappa shape index (κ1) is 6.13. The molecule has 4 heteroatoms. The predicted molar refractivity (Wildman–Crippen MR) is 37.9 cm³/mol. The van der Waals surface area contributed by atoms with Gasteiger partial charge in [-0.1, -0.05) is 5.11 Å². The van der Waals surface area contributed by atoms with Crippen molar-refractivity contribution >= 4 is 16.3 Å². The second-order valence-corrected chi connectivity index (χ2v) is 2.84. The van der Waals surface area contributed by atoms with Crippen LogP contribution in [0.1, 0.15) is 4.88 Å². The van der Waals surface area contributed by atoms with Crippen LogP contribution in [0.3, 0.4) is 0 Å². The Morgan fingerprint density at radius 3 is 2.89 bits per heavy atom. The molecule has 1 heterocycles. The van der Waals surface area contributed by atoms with Crippen LogP contribution < -0.4 is 0 Å². The third-order valence-corrected chi connectivity index (χ3v) is 1.75. The van der Waals surface area contributed by atoms with Gasteiger partial charge < -0.3 is 0 Å². The molecule has 0 saturated carbocycles. The number of hydrogen-bond donors (Lipinski definition) is 0. The first-order chi connectivity index (χ1) is 4.33. The second kappa shape index (κ2) is 2.53. The summed E-state index contributed by atoms with van der Waals surface area (Å²) in [4.78, 5) is 3.82. The molecule has 0 aliphatic rings. The summed E-state index contributed by atoms with van der Waals surface area (Å²) in [6.07, 6.45) is 0. The van der Waals surface area contributed by atoms with Gasteiger partial charge in [-0.15, -0.1) is 11.3 Å². The summed E-state index contributed by atoms with van der Waals surface area (Å²) in [7, 11) is 0. The second-order valence-electron chi connectivity index (χ2n) is 1.57. The predicted octanol–water partition coefficient (Wildman–Crippen LogP) is 3.00. The maximum Gasteiger partial charge on any atom is 0.0905 e. The lowest BCUT2D eigenvalue weighted by Crippen LogP contribution is -1.43. The van der Waals surface area contributed by atoms with E-state index in [1.54, 1.807) is 6.07 Å². The molecule has 1 aromatic heterocycles. The minimum atomic E-state index is 0.731. The largest absolute Gasteiger partial charge is 0.139 e. The molecule has 3 nitrogen and oxygen atoms in total. The van der Waals surface area contributed by atoms with Crippen molar-refractivity contribution in [3.8, 4) is 0 Å². The summed E-state index contributed by atoms with van der Waals surface area (Å²) in [5.74, 6) is 0. The van der Waals surface area contributed by atoms with E-state index in [4.69, 9.17) is 5.53 Å². The minimum absolute atomic E-state index is 0.731. The Kier molecular flexibility index (Phi) is 1.72. The molecule has 9 heavy (non-hydrogen) atoms. The zero-order valence-corrected chi connectivity index (χ0v) is 5.72. The fourth-order valence-corrected chi connectivity index (χ4v) is 1.20. The monoisotopic (exact) mass is 139 g/mol. The molecule has 0 aromatic carbocycles. The van der Waals surface area contributed by atoms with Crippen LogP contribution >= 0.6 is 11.3 Å². The summed E-state index contributed by atoms with van der Waals surface area (Å²) < 4.78 is 0. The lowest BCUT2D eigenvalue weighted by Gasteiger charge is -1.73. The highest BCUT2D eigenvalue weighted by Gasteiger charge is 1.89. The fraction of sp³-hybridized carbons (Fsp3) is 0.200. The van der Waals surface area contributed by atoms with Gasteiger partial charge in [0.05, 0.1) is 5.00 Å². The normalized spacial score (nSPS) is 8.56. The number of aryl methyl sites for hydroxylation is 1. The standard InChI is InChI=1S/C5H5N3S/c1-4-2-3-5(9-4)7-8-6/h2-3H,1H3. The van der Waals surface area contributed by atoms with E-state index in [2.05, 4.69) is 10.0 Å². The van der Waals surface area contributed by atoms with E-state index >= 15 is 0 Å². The summed E-state index contributed by atoms with van der Waals surface area (Å²) in [6.45, 7) is 1.97. The molecule has 46 valence electrons. The number of thiophene rings is 1. The van der Waals surface area contributed by atoms with Gasteiger partial charge in [0.15, 0.2) is 0 Å². The molecule has 0 spiro atoms. The van der Waals surface area contributed by atoms with Crippen LogP contribution in [0.5, 0.6) is 0 Å². The zero-order chi connectivity index (χ0) is 6.69. The first-order valence-corrected chi connectivity index (χ1v) is 3.26. The number of nitrogens with zero attached hydrogens (tertiary/aromatic N) is 3. The van der Waals surface area contributed by atoms with Crippen LogP contribution in [0.2, 0.25) is 0 Å². The van der Waals surface area contributed by atoms with Gasteiger partial charge in [-0.2, -0.15) is 0 Å². The maximum atomic E-state index is 7.99. The molecule has 0 aliphatic carbocycles. The molecule has 0 aliphatic heterocycles. The van der Waals surface area contributed by atoms with Gasteiger partial charge in [0.1, 0.15) is 0 Å². The van der Waals surface area contributed by atoms with Crippen LogP contribution in [0.15, 0.2) is 17.2 Å². The van der Waals surface area contributed by atoms with Gasteiger partial charge in [-0.25, -0.2) is 0 Å². The van der Waals surface area contributed by atoms with Crippen LogP contribution in [0.4, 0.5) is 5.00 Å². The molecule has 0 saturated heterocycles. The van der Waals surface area contributed by atoms with Crippen molar-refractivity contribution < 1.29 is 0 Å². The van der Waals surface area contributed by atoms with Gasteiger partial charge in [-0.3, -0.25) is 0 Å². The third kappa shape index (κ3) is 1.45. The van der Waals surface area contributed by atoms with Crippen molar-refractivity contribution in [3.05, 3.63) is 27.5 Å². The highest BCUT2D eigenvalue weighted by Crippen LogP contribution is 2.23. The van der Waals surface area contributed by atoms with Crippen molar-refractivity contribution in [3.63, 3.8) is 0 Å². The first-order valence-electron chi connectivity index (χ1n) is 2.44.